The maximum Gasteiger partial charge on any atom is 0.269 e. The Morgan fingerprint density at radius 2 is 2.24 bits per heavy atom. The molecule has 2 unspecified atom stereocenters. The lowest BCUT2D eigenvalue weighted by molar-refractivity contribution is -0.0587. The van der Waals surface area contributed by atoms with E-state index in [2.05, 4.69) is 5.10 Å². The van der Waals surface area contributed by atoms with Gasteiger partial charge < -0.3 is 25.8 Å². The molecular weight excluding hydrogens is 230 g/mol. The monoisotopic (exact) mass is 243 g/mol. The van der Waals surface area contributed by atoms with Gasteiger partial charge in [0.25, 0.3) is 5.91 Å². The number of carbonyl (C=O) groups excluding carboxylic acids is 1. The van der Waals surface area contributed by atoms with Gasteiger partial charge in [-0.05, 0) is 6.07 Å². The fourth-order valence-electron chi connectivity index (χ4n) is 1.71. The summed E-state index contributed by atoms with van der Waals surface area (Å²) in [5.41, 5.74) is 5.06. The van der Waals surface area contributed by atoms with Gasteiger partial charge in [0.15, 0.2) is 6.23 Å². The zero-order chi connectivity index (χ0) is 12.6. The fraction of sp³-hybridized carbons (Fsp3) is 0.556. The summed E-state index contributed by atoms with van der Waals surface area (Å²) in [5, 5.41) is 32.0. The topological polar surface area (TPSA) is 131 Å². The highest BCUT2D eigenvalue weighted by Crippen LogP contribution is 2.28. The number of aliphatic hydroxyl groups excluding tert-OH is 3. The summed E-state index contributed by atoms with van der Waals surface area (Å²) in [6, 6.07) is 1.37. The molecule has 1 aromatic heterocycles. The molecule has 8 nitrogen and oxygen atoms in total. The van der Waals surface area contributed by atoms with Crippen molar-refractivity contribution in [3.05, 3.63) is 18.0 Å². The molecule has 2 heterocycles. The molecule has 94 valence electrons. The molecule has 4 atom stereocenters. The third kappa shape index (κ3) is 2.03. The summed E-state index contributed by atoms with van der Waals surface area (Å²) >= 11 is 0. The van der Waals surface area contributed by atoms with Gasteiger partial charge in [-0.15, -0.1) is 0 Å². The fourth-order valence-corrected chi connectivity index (χ4v) is 1.71. The first kappa shape index (κ1) is 12.0. The van der Waals surface area contributed by atoms with Crippen molar-refractivity contribution in [1.29, 1.82) is 0 Å². The van der Waals surface area contributed by atoms with Crippen LogP contribution < -0.4 is 5.73 Å². The van der Waals surface area contributed by atoms with Gasteiger partial charge in [-0.2, -0.15) is 5.10 Å². The van der Waals surface area contributed by atoms with Crippen LogP contribution >= 0.6 is 0 Å². The van der Waals surface area contributed by atoms with Crippen molar-refractivity contribution in [2.24, 2.45) is 5.73 Å². The van der Waals surface area contributed by atoms with Crippen molar-refractivity contribution in [3.63, 3.8) is 0 Å². The molecule has 0 aromatic carbocycles. The quantitative estimate of drug-likeness (QED) is 0.468. The summed E-state index contributed by atoms with van der Waals surface area (Å²) in [6.45, 7) is -0.418. The molecule has 0 saturated carbocycles. The molecule has 1 aliphatic rings. The van der Waals surface area contributed by atoms with Crippen LogP contribution in [0.1, 0.15) is 16.7 Å². The molecule has 17 heavy (non-hydrogen) atoms. The van der Waals surface area contributed by atoms with Crippen molar-refractivity contribution in [2.75, 3.05) is 6.61 Å². The predicted molar refractivity (Wildman–Crippen MR) is 53.8 cm³/mol. The Balaban J connectivity index is 2.19. The molecule has 5 N–H and O–H groups in total. The Bertz CT molecular complexity index is 421. The summed E-state index contributed by atoms with van der Waals surface area (Å²) < 4.78 is 6.40. The first-order chi connectivity index (χ1) is 8.04. The van der Waals surface area contributed by atoms with Gasteiger partial charge in [0.2, 0.25) is 0 Å². The van der Waals surface area contributed by atoms with Gasteiger partial charge >= 0.3 is 0 Å². The van der Waals surface area contributed by atoms with Crippen molar-refractivity contribution in [3.8, 4) is 0 Å². The highest BCUT2D eigenvalue weighted by molar-refractivity contribution is 5.90. The highest BCUT2D eigenvalue weighted by Gasteiger charge is 2.43. The number of ether oxygens (including phenoxy) is 1. The Kier molecular flexibility index (Phi) is 3.11. The maximum atomic E-state index is 10.8. The van der Waals surface area contributed by atoms with Crippen LogP contribution in [0.4, 0.5) is 0 Å². The highest BCUT2D eigenvalue weighted by atomic mass is 16.6. The van der Waals surface area contributed by atoms with E-state index in [1.807, 2.05) is 0 Å². The van der Waals surface area contributed by atoms with Crippen LogP contribution in [-0.2, 0) is 4.74 Å². The van der Waals surface area contributed by atoms with Gasteiger partial charge in [0.05, 0.1) is 6.61 Å². The van der Waals surface area contributed by atoms with Crippen molar-refractivity contribution >= 4 is 5.91 Å². The third-order valence-corrected chi connectivity index (χ3v) is 2.64. The minimum Gasteiger partial charge on any atom is -0.394 e. The van der Waals surface area contributed by atoms with Gasteiger partial charge in [0, 0.05) is 6.20 Å². The Morgan fingerprint density at radius 3 is 2.71 bits per heavy atom. The number of amides is 1. The van der Waals surface area contributed by atoms with Crippen LogP contribution in [0, 0.1) is 0 Å². The van der Waals surface area contributed by atoms with E-state index < -0.39 is 37.1 Å². The average molecular weight is 243 g/mol. The van der Waals surface area contributed by atoms with Crippen molar-refractivity contribution < 1.29 is 24.9 Å². The SMILES string of the molecule is NC(=O)c1ccn([C@@H]2O[C@H](CO)C(O)C2O)n1. The second-order valence-electron chi connectivity index (χ2n) is 3.77. The summed E-state index contributed by atoms with van der Waals surface area (Å²) in [5.74, 6) is -0.699. The Hall–Kier alpha value is -1.48. The molecule has 1 aliphatic heterocycles. The number of nitrogens with zero attached hydrogens (tertiary/aromatic N) is 2. The van der Waals surface area contributed by atoms with Gasteiger partial charge in [-0.25, -0.2) is 4.68 Å². The molecule has 1 amide bonds. The van der Waals surface area contributed by atoms with E-state index in [1.54, 1.807) is 0 Å². The normalized spacial score (nSPS) is 32.9. The first-order valence-electron chi connectivity index (χ1n) is 5.02. The second kappa shape index (κ2) is 4.41. The number of hydrogen-bond donors (Lipinski definition) is 4. The zero-order valence-electron chi connectivity index (χ0n) is 8.80. The standard InChI is InChI=1S/C9H13N3O5/c10-8(16)4-1-2-12(11-4)9-7(15)6(14)5(3-13)17-9/h1-2,5-7,9,13-15H,3H2,(H2,10,16)/t5-,6?,7?,9-/m1/s1. The number of carbonyl (C=O) groups is 1. The van der Waals surface area contributed by atoms with Crippen LogP contribution in [0.2, 0.25) is 0 Å². The van der Waals surface area contributed by atoms with Crippen LogP contribution in [0.15, 0.2) is 12.3 Å². The number of rotatable bonds is 3. The van der Waals surface area contributed by atoms with Crippen molar-refractivity contribution in [2.45, 2.75) is 24.5 Å². The molecule has 2 rings (SSSR count). The Labute approximate surface area is 96.2 Å². The van der Waals surface area contributed by atoms with Gasteiger partial charge in [0.1, 0.15) is 24.0 Å². The Morgan fingerprint density at radius 1 is 1.53 bits per heavy atom. The molecule has 0 spiro atoms. The molecule has 1 aromatic rings. The third-order valence-electron chi connectivity index (χ3n) is 2.64. The van der Waals surface area contributed by atoms with Gasteiger partial charge in [-0.1, -0.05) is 0 Å². The summed E-state index contributed by atoms with van der Waals surface area (Å²) in [6.07, 6.45) is -2.86. The molecule has 0 aliphatic carbocycles. The van der Waals surface area contributed by atoms with Crippen LogP contribution in [0.5, 0.6) is 0 Å². The predicted octanol–water partition coefficient (Wildman–Crippen LogP) is -2.41. The number of aromatic nitrogens is 2. The van der Waals surface area contributed by atoms with E-state index in [-0.39, 0.29) is 5.69 Å². The maximum absolute atomic E-state index is 10.8. The lowest BCUT2D eigenvalue weighted by Gasteiger charge is -2.14. The molecule has 1 saturated heterocycles. The second-order valence-corrected chi connectivity index (χ2v) is 3.77. The molecule has 0 bridgehead atoms. The van der Waals surface area contributed by atoms with E-state index in [9.17, 15) is 15.0 Å². The van der Waals surface area contributed by atoms with E-state index in [0.717, 1.165) is 0 Å². The van der Waals surface area contributed by atoms with Crippen LogP contribution in [0.25, 0.3) is 0 Å². The first-order valence-corrected chi connectivity index (χ1v) is 5.02. The van der Waals surface area contributed by atoms with Crippen LogP contribution in [-0.4, -0.2) is 55.9 Å². The molecular formula is C9H13N3O5. The largest absolute Gasteiger partial charge is 0.394 e. The van der Waals surface area contributed by atoms with Crippen molar-refractivity contribution in [1.82, 2.24) is 9.78 Å². The minimum atomic E-state index is -1.23. The average Bonchev–Trinajstić information content (AvgIpc) is 2.87. The molecule has 1 fully saturated rings. The summed E-state index contributed by atoms with van der Waals surface area (Å²) in [7, 11) is 0. The van der Waals surface area contributed by atoms with Gasteiger partial charge in [-0.3, -0.25) is 4.79 Å². The molecule has 8 heteroatoms. The number of hydrogen-bond acceptors (Lipinski definition) is 6. The number of primary amides is 1. The zero-order valence-corrected chi connectivity index (χ0v) is 8.80. The van der Waals surface area contributed by atoms with E-state index in [4.69, 9.17) is 15.6 Å². The number of nitrogens with two attached hydrogens (primary N) is 1. The summed E-state index contributed by atoms with van der Waals surface area (Å²) in [4.78, 5) is 10.8. The minimum absolute atomic E-state index is 0.0303. The molecule has 0 radical (unpaired) electrons. The lowest BCUT2D eigenvalue weighted by atomic mass is 10.1. The smallest absolute Gasteiger partial charge is 0.269 e. The lowest BCUT2D eigenvalue weighted by Crippen LogP contribution is -2.33. The van der Waals surface area contributed by atoms with E-state index >= 15 is 0 Å². The van der Waals surface area contributed by atoms with E-state index in [1.165, 1.54) is 16.9 Å². The van der Waals surface area contributed by atoms with E-state index in [0.29, 0.717) is 0 Å². The number of aliphatic hydroxyl groups is 3. The van der Waals surface area contributed by atoms with Crippen LogP contribution in [0.3, 0.4) is 0 Å².